The summed E-state index contributed by atoms with van der Waals surface area (Å²) in [6.07, 6.45) is 8.54. The molecule has 1 aliphatic rings. The van der Waals surface area contributed by atoms with E-state index < -0.39 is 0 Å². The standard InChI is InChI=1S/C21H28N2O3/c1-24-19-10-5-11-20(25-2)21(19)26-15-7-14-23-13-4-3-9-18(23)17-8-6-12-22-16-17/h5-6,8,10-12,16,18H,3-4,7,9,13-15H2,1-2H3/t18-/m0/s1. The van der Waals surface area contributed by atoms with Crippen LogP contribution in [-0.2, 0) is 0 Å². The van der Waals surface area contributed by atoms with E-state index in [-0.39, 0.29) is 0 Å². The Kier molecular flexibility index (Phi) is 6.72. The number of hydrogen-bond donors (Lipinski definition) is 0. The normalized spacial score (nSPS) is 17.7. The first-order valence-corrected chi connectivity index (χ1v) is 9.31. The number of ether oxygens (including phenoxy) is 3. The lowest BCUT2D eigenvalue weighted by atomic mass is 9.96. The minimum absolute atomic E-state index is 0.471. The molecule has 1 saturated heterocycles. The van der Waals surface area contributed by atoms with Gasteiger partial charge in [0.2, 0.25) is 5.75 Å². The zero-order valence-electron chi connectivity index (χ0n) is 15.7. The summed E-state index contributed by atoms with van der Waals surface area (Å²) in [7, 11) is 3.29. The van der Waals surface area contributed by atoms with E-state index >= 15 is 0 Å². The second-order valence-electron chi connectivity index (χ2n) is 6.53. The van der Waals surface area contributed by atoms with Crippen LogP contribution in [0.25, 0.3) is 0 Å². The van der Waals surface area contributed by atoms with Crippen molar-refractivity contribution in [3.8, 4) is 17.2 Å². The van der Waals surface area contributed by atoms with Crippen molar-refractivity contribution in [2.45, 2.75) is 31.7 Å². The number of methoxy groups -OCH3 is 2. The van der Waals surface area contributed by atoms with Crippen molar-refractivity contribution in [2.75, 3.05) is 33.9 Å². The van der Waals surface area contributed by atoms with Gasteiger partial charge in [0.25, 0.3) is 0 Å². The quantitative estimate of drug-likeness (QED) is 0.667. The Bertz CT molecular complexity index is 656. The van der Waals surface area contributed by atoms with Crippen molar-refractivity contribution in [3.05, 3.63) is 48.3 Å². The predicted molar refractivity (Wildman–Crippen MR) is 102 cm³/mol. The Labute approximate surface area is 155 Å². The number of hydrogen-bond acceptors (Lipinski definition) is 5. The van der Waals surface area contributed by atoms with Crippen molar-refractivity contribution >= 4 is 0 Å². The lowest BCUT2D eigenvalue weighted by Gasteiger charge is -2.35. The van der Waals surface area contributed by atoms with E-state index in [2.05, 4.69) is 16.0 Å². The van der Waals surface area contributed by atoms with E-state index in [1.165, 1.54) is 24.8 Å². The fraction of sp³-hybridized carbons (Fsp3) is 0.476. The van der Waals surface area contributed by atoms with Crippen LogP contribution < -0.4 is 14.2 Å². The summed E-state index contributed by atoms with van der Waals surface area (Å²) in [5.41, 5.74) is 1.32. The highest BCUT2D eigenvalue weighted by atomic mass is 16.5. The first-order valence-electron chi connectivity index (χ1n) is 9.31. The van der Waals surface area contributed by atoms with Gasteiger partial charge in [-0.05, 0) is 49.6 Å². The lowest BCUT2D eigenvalue weighted by Crippen LogP contribution is -2.34. The molecule has 0 N–H and O–H groups in total. The number of nitrogens with zero attached hydrogens (tertiary/aromatic N) is 2. The molecule has 2 aromatic rings. The van der Waals surface area contributed by atoms with Crippen LogP contribution in [0.15, 0.2) is 42.7 Å². The molecule has 0 bridgehead atoms. The SMILES string of the molecule is COc1cccc(OC)c1OCCCN1CCCC[C@H]1c1cccnc1. The summed E-state index contributed by atoms with van der Waals surface area (Å²) >= 11 is 0. The van der Waals surface area contributed by atoms with Crippen molar-refractivity contribution in [1.29, 1.82) is 0 Å². The van der Waals surface area contributed by atoms with Gasteiger partial charge in [0.1, 0.15) is 0 Å². The fourth-order valence-corrected chi connectivity index (χ4v) is 3.61. The van der Waals surface area contributed by atoms with E-state index in [0.29, 0.717) is 29.9 Å². The van der Waals surface area contributed by atoms with Gasteiger partial charge in [0, 0.05) is 25.0 Å². The van der Waals surface area contributed by atoms with Crippen LogP contribution in [0, 0.1) is 0 Å². The highest BCUT2D eigenvalue weighted by Crippen LogP contribution is 2.37. The highest BCUT2D eigenvalue weighted by molar-refractivity contribution is 5.51. The van der Waals surface area contributed by atoms with Crippen LogP contribution in [0.4, 0.5) is 0 Å². The highest BCUT2D eigenvalue weighted by Gasteiger charge is 2.23. The maximum atomic E-state index is 5.99. The lowest BCUT2D eigenvalue weighted by molar-refractivity contribution is 0.136. The van der Waals surface area contributed by atoms with Crippen LogP contribution in [0.1, 0.15) is 37.3 Å². The zero-order valence-corrected chi connectivity index (χ0v) is 15.7. The molecular formula is C21H28N2O3. The average Bonchev–Trinajstić information content (AvgIpc) is 2.72. The van der Waals surface area contributed by atoms with Crippen molar-refractivity contribution in [3.63, 3.8) is 0 Å². The summed E-state index contributed by atoms with van der Waals surface area (Å²) < 4.78 is 16.8. The summed E-state index contributed by atoms with van der Waals surface area (Å²) in [4.78, 5) is 6.85. The molecule has 0 spiro atoms. The Balaban J connectivity index is 1.56. The number of piperidine rings is 1. The van der Waals surface area contributed by atoms with Crippen LogP contribution >= 0.6 is 0 Å². The molecule has 1 fully saturated rings. The number of likely N-dealkylation sites (tertiary alicyclic amines) is 1. The third-order valence-corrected chi connectivity index (χ3v) is 4.90. The summed E-state index contributed by atoms with van der Waals surface area (Å²) in [5, 5.41) is 0. The van der Waals surface area contributed by atoms with E-state index in [9.17, 15) is 0 Å². The van der Waals surface area contributed by atoms with Crippen LogP contribution in [0.2, 0.25) is 0 Å². The van der Waals surface area contributed by atoms with Crippen molar-refractivity contribution < 1.29 is 14.2 Å². The molecule has 0 unspecified atom stereocenters. The number of para-hydroxylation sites is 1. The predicted octanol–water partition coefficient (Wildman–Crippen LogP) is 4.09. The van der Waals surface area contributed by atoms with Gasteiger partial charge in [-0.15, -0.1) is 0 Å². The average molecular weight is 356 g/mol. The van der Waals surface area contributed by atoms with Crippen LogP contribution in [0.3, 0.4) is 0 Å². The van der Waals surface area contributed by atoms with Gasteiger partial charge < -0.3 is 14.2 Å². The minimum Gasteiger partial charge on any atom is -0.493 e. The first-order chi connectivity index (χ1) is 12.8. The molecule has 1 aromatic heterocycles. The zero-order chi connectivity index (χ0) is 18.2. The van der Waals surface area contributed by atoms with Gasteiger partial charge >= 0.3 is 0 Å². The topological polar surface area (TPSA) is 43.8 Å². The van der Waals surface area contributed by atoms with Gasteiger partial charge in [-0.3, -0.25) is 9.88 Å². The van der Waals surface area contributed by atoms with Gasteiger partial charge in [-0.25, -0.2) is 0 Å². The van der Waals surface area contributed by atoms with E-state index in [1.807, 2.05) is 36.7 Å². The van der Waals surface area contributed by atoms with Gasteiger partial charge in [0.05, 0.1) is 20.8 Å². The second kappa shape index (κ2) is 9.43. The Morgan fingerprint density at radius 1 is 1.08 bits per heavy atom. The smallest absolute Gasteiger partial charge is 0.203 e. The largest absolute Gasteiger partial charge is 0.493 e. The Morgan fingerprint density at radius 2 is 1.88 bits per heavy atom. The molecule has 0 radical (unpaired) electrons. The van der Waals surface area contributed by atoms with E-state index in [0.717, 1.165) is 19.5 Å². The fourth-order valence-electron chi connectivity index (χ4n) is 3.61. The van der Waals surface area contributed by atoms with Gasteiger partial charge in [0.15, 0.2) is 11.5 Å². The molecule has 0 aliphatic carbocycles. The van der Waals surface area contributed by atoms with Gasteiger partial charge in [-0.2, -0.15) is 0 Å². The molecule has 26 heavy (non-hydrogen) atoms. The third kappa shape index (κ3) is 4.47. The summed E-state index contributed by atoms with van der Waals surface area (Å²) in [6, 6.07) is 10.4. The first kappa shape index (κ1) is 18.5. The van der Waals surface area contributed by atoms with Crippen LogP contribution in [-0.4, -0.2) is 43.8 Å². The maximum Gasteiger partial charge on any atom is 0.203 e. The number of pyridine rings is 1. The number of rotatable bonds is 8. The maximum absolute atomic E-state index is 5.99. The second-order valence-corrected chi connectivity index (χ2v) is 6.53. The van der Waals surface area contributed by atoms with Crippen LogP contribution in [0.5, 0.6) is 17.2 Å². The molecule has 140 valence electrons. The molecule has 3 rings (SSSR count). The Hall–Kier alpha value is -2.27. The molecule has 5 heteroatoms. The molecule has 2 heterocycles. The minimum atomic E-state index is 0.471. The number of aromatic nitrogens is 1. The Morgan fingerprint density at radius 3 is 2.58 bits per heavy atom. The summed E-state index contributed by atoms with van der Waals surface area (Å²) in [6.45, 7) is 2.78. The molecule has 1 atom stereocenters. The summed E-state index contributed by atoms with van der Waals surface area (Å²) in [5.74, 6) is 2.09. The molecule has 0 saturated carbocycles. The van der Waals surface area contributed by atoms with E-state index in [4.69, 9.17) is 14.2 Å². The molecule has 1 aromatic carbocycles. The van der Waals surface area contributed by atoms with Crippen molar-refractivity contribution in [2.24, 2.45) is 0 Å². The molecule has 0 amide bonds. The molecular weight excluding hydrogens is 328 g/mol. The van der Waals surface area contributed by atoms with E-state index in [1.54, 1.807) is 14.2 Å². The number of benzene rings is 1. The monoisotopic (exact) mass is 356 g/mol. The third-order valence-electron chi connectivity index (χ3n) is 4.90. The molecule has 1 aliphatic heterocycles. The van der Waals surface area contributed by atoms with Crippen molar-refractivity contribution in [1.82, 2.24) is 9.88 Å². The molecule has 5 nitrogen and oxygen atoms in total. The van der Waals surface area contributed by atoms with Gasteiger partial charge in [-0.1, -0.05) is 18.6 Å².